The van der Waals surface area contributed by atoms with E-state index in [2.05, 4.69) is 0 Å². The van der Waals surface area contributed by atoms with Gasteiger partial charge in [-0.15, -0.1) is 23.7 Å². The van der Waals surface area contributed by atoms with Crippen LogP contribution in [0.5, 0.6) is 0 Å². The third kappa shape index (κ3) is 3.76. The molecule has 1 atom stereocenters. The maximum absolute atomic E-state index is 5.89. The summed E-state index contributed by atoms with van der Waals surface area (Å²) in [6.45, 7) is 2.02. The lowest BCUT2D eigenvalue weighted by Gasteiger charge is -2.02. The Labute approximate surface area is 88.3 Å². The normalized spacial score (nSPS) is 12.2. The fourth-order valence-electron chi connectivity index (χ4n) is 0.862. The van der Waals surface area contributed by atoms with Gasteiger partial charge in [-0.1, -0.05) is 11.6 Å². The van der Waals surface area contributed by atoms with Crippen molar-refractivity contribution >= 4 is 35.3 Å². The van der Waals surface area contributed by atoms with Crippen LogP contribution in [0.3, 0.4) is 0 Å². The topological polar surface area (TPSA) is 26.0 Å². The summed E-state index contributed by atoms with van der Waals surface area (Å²) in [6, 6.07) is 2.20. The summed E-state index contributed by atoms with van der Waals surface area (Å²) in [4.78, 5) is 1.25. The number of hydrogen-bond donors (Lipinski definition) is 1. The minimum absolute atomic E-state index is 0. The molecule has 1 aromatic rings. The van der Waals surface area contributed by atoms with Crippen LogP contribution < -0.4 is 5.73 Å². The van der Waals surface area contributed by atoms with Gasteiger partial charge in [0.25, 0.3) is 0 Å². The lowest BCUT2D eigenvalue weighted by molar-refractivity contribution is 0.670. The number of hydrogen-bond acceptors (Lipinski definition) is 2. The maximum Gasteiger partial charge on any atom is 0.0544 e. The van der Waals surface area contributed by atoms with E-state index in [4.69, 9.17) is 17.3 Å². The average Bonchev–Trinajstić information content (AvgIpc) is 2.31. The van der Waals surface area contributed by atoms with E-state index in [9.17, 15) is 0 Å². The molecule has 0 fully saturated rings. The molecular formula is C8H13Cl2NS. The van der Waals surface area contributed by atoms with Gasteiger partial charge in [0.15, 0.2) is 0 Å². The smallest absolute Gasteiger partial charge is 0.0544 e. The van der Waals surface area contributed by atoms with Gasteiger partial charge in [-0.05, 0) is 31.2 Å². The van der Waals surface area contributed by atoms with Crippen LogP contribution in [0.15, 0.2) is 11.4 Å². The predicted molar refractivity (Wildman–Crippen MR) is 58.5 cm³/mol. The van der Waals surface area contributed by atoms with Gasteiger partial charge in [-0.25, -0.2) is 0 Å². The summed E-state index contributed by atoms with van der Waals surface area (Å²) in [5, 5.41) is 2.90. The Morgan fingerprint density at radius 1 is 1.67 bits per heavy atom. The largest absolute Gasteiger partial charge is 0.328 e. The van der Waals surface area contributed by atoms with Gasteiger partial charge in [-0.2, -0.15) is 0 Å². The second-order valence-electron chi connectivity index (χ2n) is 2.71. The first-order chi connectivity index (χ1) is 5.20. The molecule has 1 heterocycles. The third-order valence-corrected chi connectivity index (χ3v) is 2.96. The van der Waals surface area contributed by atoms with Gasteiger partial charge in [0.05, 0.1) is 5.02 Å². The zero-order valence-electron chi connectivity index (χ0n) is 6.92. The quantitative estimate of drug-likeness (QED) is 0.841. The standard InChI is InChI=1S/C8H12ClNS.ClH/c1-6(10)2-3-8-7(9)4-5-11-8;/h4-6H,2-3,10H2,1H3;1H. The van der Waals surface area contributed by atoms with Crippen molar-refractivity contribution in [2.75, 3.05) is 0 Å². The first kappa shape index (κ1) is 12.2. The Morgan fingerprint density at radius 2 is 2.33 bits per heavy atom. The van der Waals surface area contributed by atoms with E-state index >= 15 is 0 Å². The Hall–Kier alpha value is 0.240. The molecular weight excluding hydrogens is 213 g/mol. The lowest BCUT2D eigenvalue weighted by Crippen LogP contribution is -2.15. The minimum Gasteiger partial charge on any atom is -0.328 e. The van der Waals surface area contributed by atoms with Crippen LogP contribution in [0.2, 0.25) is 5.02 Å². The Morgan fingerprint density at radius 3 is 2.75 bits per heavy atom. The highest BCUT2D eigenvalue weighted by Crippen LogP contribution is 2.23. The van der Waals surface area contributed by atoms with E-state index in [1.54, 1.807) is 11.3 Å². The van der Waals surface area contributed by atoms with Crippen molar-refractivity contribution in [3.05, 3.63) is 21.3 Å². The number of thiophene rings is 1. The molecule has 0 aromatic carbocycles. The van der Waals surface area contributed by atoms with Crippen LogP contribution in [-0.4, -0.2) is 6.04 Å². The molecule has 0 aliphatic carbocycles. The van der Waals surface area contributed by atoms with Crippen LogP contribution in [-0.2, 0) is 6.42 Å². The molecule has 1 unspecified atom stereocenters. The number of aryl methyl sites for hydroxylation is 1. The van der Waals surface area contributed by atoms with E-state index in [-0.39, 0.29) is 18.4 Å². The molecule has 0 spiro atoms. The number of nitrogens with two attached hydrogens (primary N) is 1. The molecule has 0 radical (unpaired) electrons. The van der Waals surface area contributed by atoms with Crippen molar-refractivity contribution < 1.29 is 0 Å². The van der Waals surface area contributed by atoms with Gasteiger partial charge in [0, 0.05) is 10.9 Å². The first-order valence-corrected chi connectivity index (χ1v) is 4.93. The molecule has 0 aliphatic heterocycles. The maximum atomic E-state index is 5.89. The monoisotopic (exact) mass is 225 g/mol. The number of halogens is 2. The molecule has 0 bridgehead atoms. The minimum atomic E-state index is 0. The van der Waals surface area contributed by atoms with Crippen molar-refractivity contribution in [3.8, 4) is 0 Å². The Kier molecular flexibility index (Phi) is 5.93. The van der Waals surface area contributed by atoms with E-state index < -0.39 is 0 Å². The molecule has 0 aliphatic rings. The predicted octanol–water partition coefficient (Wildman–Crippen LogP) is 3.10. The van der Waals surface area contributed by atoms with Crippen LogP contribution in [0.25, 0.3) is 0 Å². The average molecular weight is 226 g/mol. The molecule has 12 heavy (non-hydrogen) atoms. The molecule has 0 saturated heterocycles. The lowest BCUT2D eigenvalue weighted by atomic mass is 10.2. The molecule has 1 aromatic heterocycles. The van der Waals surface area contributed by atoms with Gasteiger partial charge < -0.3 is 5.73 Å². The highest BCUT2D eigenvalue weighted by molar-refractivity contribution is 7.10. The van der Waals surface area contributed by atoms with Crippen molar-refractivity contribution in [1.29, 1.82) is 0 Å². The first-order valence-electron chi connectivity index (χ1n) is 3.67. The summed E-state index contributed by atoms with van der Waals surface area (Å²) in [7, 11) is 0. The van der Waals surface area contributed by atoms with Crippen molar-refractivity contribution in [3.63, 3.8) is 0 Å². The highest BCUT2D eigenvalue weighted by atomic mass is 35.5. The summed E-state index contributed by atoms with van der Waals surface area (Å²) < 4.78 is 0. The fraction of sp³-hybridized carbons (Fsp3) is 0.500. The third-order valence-electron chi connectivity index (χ3n) is 1.52. The van der Waals surface area contributed by atoms with Gasteiger partial charge in [0.2, 0.25) is 0 Å². The Bertz CT molecular complexity index is 223. The van der Waals surface area contributed by atoms with Crippen LogP contribution in [0.4, 0.5) is 0 Å². The second-order valence-corrected chi connectivity index (χ2v) is 4.12. The van der Waals surface area contributed by atoms with E-state index in [1.165, 1.54) is 4.88 Å². The van der Waals surface area contributed by atoms with Gasteiger partial charge >= 0.3 is 0 Å². The van der Waals surface area contributed by atoms with Crippen LogP contribution in [0.1, 0.15) is 18.2 Å². The van der Waals surface area contributed by atoms with Crippen LogP contribution >= 0.6 is 35.3 Å². The highest BCUT2D eigenvalue weighted by Gasteiger charge is 2.02. The van der Waals surface area contributed by atoms with Crippen molar-refractivity contribution in [1.82, 2.24) is 0 Å². The molecule has 1 rings (SSSR count). The summed E-state index contributed by atoms with van der Waals surface area (Å²) in [5.41, 5.74) is 5.62. The van der Waals surface area contributed by atoms with E-state index in [1.807, 2.05) is 18.4 Å². The Balaban J connectivity index is 0.00000121. The zero-order valence-corrected chi connectivity index (χ0v) is 9.31. The molecule has 0 amide bonds. The number of rotatable bonds is 3. The van der Waals surface area contributed by atoms with Gasteiger partial charge in [0.1, 0.15) is 0 Å². The summed E-state index contributed by atoms with van der Waals surface area (Å²) in [5.74, 6) is 0. The summed E-state index contributed by atoms with van der Waals surface area (Å²) >= 11 is 7.60. The van der Waals surface area contributed by atoms with E-state index in [0.717, 1.165) is 17.9 Å². The molecule has 70 valence electrons. The fourth-order valence-corrected chi connectivity index (χ4v) is 2.01. The molecule has 1 nitrogen and oxygen atoms in total. The van der Waals surface area contributed by atoms with Crippen LogP contribution in [0, 0.1) is 0 Å². The second kappa shape index (κ2) is 5.81. The zero-order chi connectivity index (χ0) is 8.27. The van der Waals surface area contributed by atoms with E-state index in [0.29, 0.717) is 0 Å². The molecule has 0 saturated carbocycles. The molecule has 2 N–H and O–H groups in total. The van der Waals surface area contributed by atoms with Crippen molar-refractivity contribution in [2.45, 2.75) is 25.8 Å². The SMILES string of the molecule is CC(N)CCc1sccc1Cl.Cl. The van der Waals surface area contributed by atoms with Crippen molar-refractivity contribution in [2.24, 2.45) is 5.73 Å². The summed E-state index contributed by atoms with van der Waals surface area (Å²) in [6.07, 6.45) is 2.02. The van der Waals surface area contributed by atoms with Gasteiger partial charge in [-0.3, -0.25) is 0 Å². The molecule has 4 heteroatoms.